The van der Waals surface area contributed by atoms with Crippen LogP contribution in [0.25, 0.3) is 0 Å². The minimum absolute atomic E-state index is 0.425. The van der Waals surface area contributed by atoms with Gasteiger partial charge in [-0.25, -0.2) is 0 Å². The summed E-state index contributed by atoms with van der Waals surface area (Å²) in [6.07, 6.45) is 0. The van der Waals surface area contributed by atoms with E-state index in [2.05, 4.69) is 0 Å². The van der Waals surface area contributed by atoms with E-state index in [1.165, 1.54) is 0 Å². The van der Waals surface area contributed by atoms with Crippen molar-refractivity contribution in [1.82, 2.24) is 0 Å². The van der Waals surface area contributed by atoms with Gasteiger partial charge >= 0.3 is 43.1 Å². The first-order chi connectivity index (χ1) is 2.27. The zero-order valence-electron chi connectivity index (χ0n) is 3.41. The van der Waals surface area contributed by atoms with Crippen molar-refractivity contribution < 1.29 is 28.0 Å². The first-order valence-electron chi connectivity index (χ1n) is 1.45. The van der Waals surface area contributed by atoms with Gasteiger partial charge in [0.05, 0.1) is 0 Å². The molecule has 0 saturated heterocycles. The zero-order chi connectivity index (χ0) is 4.28. The van der Waals surface area contributed by atoms with Crippen molar-refractivity contribution in [3.8, 4) is 0 Å². The molecule has 0 spiro atoms. The van der Waals surface area contributed by atoms with Crippen molar-refractivity contribution in [2.75, 3.05) is 0 Å². The Morgan fingerprint density at radius 3 is 2.00 bits per heavy atom. The quantitative estimate of drug-likeness (QED) is 0.535. The van der Waals surface area contributed by atoms with Crippen molar-refractivity contribution in [3.05, 3.63) is 0 Å². The third kappa shape index (κ3) is 4.55. The molecule has 0 rings (SSSR count). The molecule has 1 nitrogen and oxygen atoms in total. The van der Waals surface area contributed by atoms with Crippen LogP contribution < -0.4 is 0 Å². The predicted molar refractivity (Wildman–Crippen MR) is 16.5 cm³/mol. The summed E-state index contributed by atoms with van der Waals surface area (Å²) in [4.78, 5) is 9.89. The first kappa shape index (κ1) is 5.55. The average molecular weight is 149 g/mol. The standard InChI is InChI=1S/C2H3O.CH3.Zr/c1-2-3;;/h1H3;1H3;. The molecule has 0 saturated carbocycles. The van der Waals surface area contributed by atoms with Crippen molar-refractivity contribution >= 4 is 3.49 Å². The molecule has 0 radical (unpaired) electrons. The predicted octanol–water partition coefficient (Wildman–Crippen LogP) is 0.663. The van der Waals surface area contributed by atoms with Crippen LogP contribution >= 0.6 is 0 Å². The topological polar surface area (TPSA) is 17.1 Å². The molecule has 5 heavy (non-hydrogen) atoms. The molecule has 0 aliphatic carbocycles. The molecule has 0 N–H and O–H groups in total. The summed E-state index contributed by atoms with van der Waals surface area (Å²) in [5, 5.41) is 0. The summed E-state index contributed by atoms with van der Waals surface area (Å²) < 4.78 is 2.44. The SMILES string of the molecule is [CH3][Zr][C](C)=O. The molecular weight excluding hydrogens is 143 g/mol. The van der Waals surface area contributed by atoms with Crippen LogP contribution in [0.5, 0.6) is 0 Å². The number of rotatable bonds is 1. The molecule has 0 aromatic carbocycles. The van der Waals surface area contributed by atoms with E-state index >= 15 is 0 Å². The number of carbonyl (C=O) groups excluding carboxylic acids is 1. The van der Waals surface area contributed by atoms with E-state index in [0.29, 0.717) is 3.49 Å². The fourth-order valence-corrected chi connectivity index (χ4v) is 0. The van der Waals surface area contributed by atoms with Crippen LogP contribution in [0.3, 0.4) is 0 Å². The van der Waals surface area contributed by atoms with Crippen molar-refractivity contribution in [2.24, 2.45) is 0 Å². The van der Waals surface area contributed by atoms with Gasteiger partial charge in [-0.05, 0) is 0 Å². The summed E-state index contributed by atoms with van der Waals surface area (Å²) in [6.45, 7) is 1.66. The minimum atomic E-state index is -0.504. The maximum atomic E-state index is 9.89. The monoisotopic (exact) mass is 148 g/mol. The molecule has 0 aromatic rings. The van der Waals surface area contributed by atoms with E-state index in [0.717, 1.165) is 0 Å². The van der Waals surface area contributed by atoms with Crippen molar-refractivity contribution in [2.45, 2.75) is 11.6 Å². The van der Waals surface area contributed by atoms with Gasteiger partial charge in [0.15, 0.2) is 0 Å². The van der Waals surface area contributed by atoms with E-state index in [-0.39, 0.29) is 0 Å². The third-order valence-corrected chi connectivity index (χ3v) is 2.08. The van der Waals surface area contributed by atoms with Gasteiger partial charge in [0.25, 0.3) is 0 Å². The van der Waals surface area contributed by atoms with Crippen LogP contribution in [-0.4, -0.2) is 3.49 Å². The molecule has 0 atom stereocenters. The van der Waals surface area contributed by atoms with Gasteiger partial charge in [-0.3, -0.25) is 0 Å². The normalized spacial score (nSPS) is 6.80. The van der Waals surface area contributed by atoms with E-state index in [9.17, 15) is 4.79 Å². The Hall–Kier alpha value is 0.553. The number of hydrogen-bond acceptors (Lipinski definition) is 1. The average Bonchev–Trinajstić information content (AvgIpc) is 1.38. The molecule has 0 fully saturated rings. The van der Waals surface area contributed by atoms with E-state index < -0.39 is 23.2 Å². The molecule has 0 aromatic heterocycles. The second-order valence-corrected chi connectivity index (χ2v) is 3.77. The Kier molecular flexibility index (Phi) is 3.08. The van der Waals surface area contributed by atoms with Gasteiger partial charge in [0.2, 0.25) is 0 Å². The van der Waals surface area contributed by atoms with Crippen molar-refractivity contribution in [3.63, 3.8) is 0 Å². The Morgan fingerprint density at radius 1 is 1.80 bits per heavy atom. The van der Waals surface area contributed by atoms with Crippen LogP contribution in [0.4, 0.5) is 0 Å². The van der Waals surface area contributed by atoms with Crippen LogP contribution in [0.2, 0.25) is 4.63 Å². The zero-order valence-corrected chi connectivity index (χ0v) is 5.87. The van der Waals surface area contributed by atoms with Crippen LogP contribution in [0.15, 0.2) is 0 Å². The molecule has 0 aliphatic heterocycles. The summed E-state index contributed by atoms with van der Waals surface area (Å²) >= 11 is -0.504. The van der Waals surface area contributed by atoms with Gasteiger partial charge in [-0.2, -0.15) is 0 Å². The van der Waals surface area contributed by atoms with Gasteiger partial charge in [-0.15, -0.1) is 0 Å². The molecule has 2 heteroatoms. The molecule has 0 heterocycles. The molecule has 0 bridgehead atoms. The van der Waals surface area contributed by atoms with Crippen molar-refractivity contribution in [1.29, 1.82) is 0 Å². The fraction of sp³-hybridized carbons (Fsp3) is 0.667. The maximum absolute atomic E-state index is 9.89. The molecule has 0 aliphatic rings. The summed E-state index contributed by atoms with van der Waals surface area (Å²) in [5.74, 6) is 0. The molecule has 0 amide bonds. The molecule has 0 unspecified atom stereocenters. The summed E-state index contributed by atoms with van der Waals surface area (Å²) in [6, 6.07) is 0. The Morgan fingerprint density at radius 2 is 2.00 bits per heavy atom. The third-order valence-electron chi connectivity index (χ3n) is 0.352. The van der Waals surface area contributed by atoms with Crippen LogP contribution in [-0.2, 0) is 28.0 Å². The van der Waals surface area contributed by atoms with E-state index in [4.69, 9.17) is 0 Å². The first-order valence-corrected chi connectivity index (χ1v) is 5.14. The van der Waals surface area contributed by atoms with Crippen LogP contribution in [0.1, 0.15) is 6.92 Å². The van der Waals surface area contributed by atoms with Gasteiger partial charge in [-0.1, -0.05) is 0 Å². The second kappa shape index (κ2) is 2.77. The molecular formula is C3H6OZr. The van der Waals surface area contributed by atoms with Gasteiger partial charge in [0.1, 0.15) is 0 Å². The van der Waals surface area contributed by atoms with E-state index in [1.54, 1.807) is 6.92 Å². The Labute approximate surface area is 43.3 Å². The summed E-state index contributed by atoms with van der Waals surface area (Å²) in [5.41, 5.74) is 0. The Balaban J connectivity index is 2.85. The van der Waals surface area contributed by atoms with Gasteiger partial charge in [0, 0.05) is 0 Å². The van der Waals surface area contributed by atoms with Gasteiger partial charge < -0.3 is 0 Å². The molecule has 28 valence electrons. The number of carbonyl (C=O) groups is 1. The number of hydrogen-bond donors (Lipinski definition) is 0. The fourth-order valence-electron chi connectivity index (χ4n) is 0. The van der Waals surface area contributed by atoms with E-state index in [1.807, 2.05) is 4.63 Å². The Bertz CT molecular complexity index is 42.2. The second-order valence-electron chi connectivity index (χ2n) is 0.806. The van der Waals surface area contributed by atoms with Crippen LogP contribution in [0, 0.1) is 0 Å². The summed E-state index contributed by atoms with van der Waals surface area (Å²) in [7, 11) is 0.